The van der Waals surface area contributed by atoms with E-state index in [1.165, 1.54) is 12.8 Å². The van der Waals surface area contributed by atoms with E-state index in [1.807, 2.05) is 18.3 Å². The Balaban J connectivity index is 1.64. The Morgan fingerprint density at radius 2 is 2.28 bits per heavy atom. The van der Waals surface area contributed by atoms with Crippen LogP contribution in [-0.4, -0.2) is 16.5 Å². The third kappa shape index (κ3) is 3.00. The number of H-pyrrole nitrogens is 1. The molecule has 0 unspecified atom stereocenters. The van der Waals surface area contributed by atoms with Crippen LogP contribution in [0, 0.1) is 5.92 Å². The molecule has 1 aliphatic carbocycles. The Morgan fingerprint density at radius 1 is 1.39 bits per heavy atom. The van der Waals surface area contributed by atoms with Crippen molar-refractivity contribution in [1.82, 2.24) is 15.3 Å². The summed E-state index contributed by atoms with van der Waals surface area (Å²) >= 11 is 3.48. The lowest BCUT2D eigenvalue weighted by molar-refractivity contribution is 0.623. The van der Waals surface area contributed by atoms with E-state index in [1.54, 1.807) is 0 Å². The molecule has 1 fully saturated rings. The number of benzene rings is 1. The summed E-state index contributed by atoms with van der Waals surface area (Å²) in [6.07, 6.45) is 4.67. The third-order valence-electron chi connectivity index (χ3n) is 3.19. The van der Waals surface area contributed by atoms with Gasteiger partial charge >= 0.3 is 0 Å². The summed E-state index contributed by atoms with van der Waals surface area (Å²) in [5, 5.41) is 3.44. The molecule has 0 saturated heterocycles. The van der Waals surface area contributed by atoms with Gasteiger partial charge in [-0.2, -0.15) is 0 Å². The molecule has 2 aromatic rings. The zero-order valence-electron chi connectivity index (χ0n) is 10.1. The van der Waals surface area contributed by atoms with Crippen LogP contribution in [0.4, 0.5) is 0 Å². The highest BCUT2D eigenvalue weighted by molar-refractivity contribution is 9.10. The van der Waals surface area contributed by atoms with Gasteiger partial charge in [0.25, 0.3) is 0 Å². The summed E-state index contributed by atoms with van der Waals surface area (Å²) in [5.74, 6) is 1.91. The van der Waals surface area contributed by atoms with Gasteiger partial charge in [-0.3, -0.25) is 0 Å². The molecule has 94 valence electrons. The Kier molecular flexibility index (Phi) is 3.48. The quantitative estimate of drug-likeness (QED) is 0.889. The van der Waals surface area contributed by atoms with Crippen LogP contribution in [0.3, 0.4) is 0 Å². The Hall–Kier alpha value is -1.13. The Bertz CT molecular complexity index is 531. The molecular weight excluding hydrogens is 290 g/mol. The highest BCUT2D eigenvalue weighted by Crippen LogP contribution is 2.27. The summed E-state index contributed by atoms with van der Waals surface area (Å²) < 4.78 is 1.09. The number of aromatic nitrogens is 2. The number of rotatable bonds is 5. The minimum absolute atomic E-state index is 0.824. The van der Waals surface area contributed by atoms with Crippen LogP contribution in [0.25, 0.3) is 11.3 Å². The molecule has 4 heteroatoms. The topological polar surface area (TPSA) is 40.7 Å². The van der Waals surface area contributed by atoms with Gasteiger partial charge < -0.3 is 10.3 Å². The minimum atomic E-state index is 0.824. The molecule has 0 bridgehead atoms. The average molecular weight is 306 g/mol. The maximum absolute atomic E-state index is 4.41. The van der Waals surface area contributed by atoms with Crippen molar-refractivity contribution in [2.24, 2.45) is 5.92 Å². The van der Waals surface area contributed by atoms with E-state index in [0.29, 0.717) is 0 Å². The molecule has 1 saturated carbocycles. The monoisotopic (exact) mass is 305 g/mol. The summed E-state index contributed by atoms with van der Waals surface area (Å²) in [6.45, 7) is 1.94. The van der Waals surface area contributed by atoms with E-state index in [9.17, 15) is 0 Å². The number of hydrogen-bond acceptors (Lipinski definition) is 2. The van der Waals surface area contributed by atoms with Gasteiger partial charge in [0.2, 0.25) is 0 Å². The highest BCUT2D eigenvalue weighted by atomic mass is 79.9. The number of halogens is 1. The zero-order chi connectivity index (χ0) is 12.4. The van der Waals surface area contributed by atoms with Crippen LogP contribution in [-0.2, 0) is 6.54 Å². The molecule has 1 aromatic carbocycles. The maximum atomic E-state index is 4.41. The van der Waals surface area contributed by atoms with Crippen molar-refractivity contribution >= 4 is 15.9 Å². The normalized spacial score (nSPS) is 14.9. The molecule has 0 atom stereocenters. The second kappa shape index (κ2) is 5.24. The first-order chi connectivity index (χ1) is 8.81. The van der Waals surface area contributed by atoms with Crippen LogP contribution in [0.15, 0.2) is 34.9 Å². The van der Waals surface area contributed by atoms with Crippen molar-refractivity contribution in [2.75, 3.05) is 6.54 Å². The van der Waals surface area contributed by atoms with Crippen molar-refractivity contribution in [1.29, 1.82) is 0 Å². The van der Waals surface area contributed by atoms with Gasteiger partial charge in [0, 0.05) is 10.0 Å². The predicted octanol–water partition coefficient (Wildman–Crippen LogP) is 3.34. The molecule has 1 heterocycles. The van der Waals surface area contributed by atoms with Gasteiger partial charge in [-0.05, 0) is 37.4 Å². The highest BCUT2D eigenvalue weighted by Gasteiger charge is 2.20. The molecule has 2 N–H and O–H groups in total. The molecular formula is C14H16BrN3. The summed E-state index contributed by atoms with van der Waals surface area (Å²) in [7, 11) is 0. The van der Waals surface area contributed by atoms with Crippen LogP contribution >= 0.6 is 15.9 Å². The second-order valence-electron chi connectivity index (χ2n) is 4.83. The predicted molar refractivity (Wildman–Crippen MR) is 76.2 cm³/mol. The van der Waals surface area contributed by atoms with E-state index < -0.39 is 0 Å². The summed E-state index contributed by atoms with van der Waals surface area (Å²) in [6, 6.07) is 8.23. The van der Waals surface area contributed by atoms with Crippen molar-refractivity contribution in [3.63, 3.8) is 0 Å². The van der Waals surface area contributed by atoms with Crippen molar-refractivity contribution < 1.29 is 0 Å². The van der Waals surface area contributed by atoms with Gasteiger partial charge in [0.1, 0.15) is 5.82 Å². The first kappa shape index (κ1) is 11.9. The summed E-state index contributed by atoms with van der Waals surface area (Å²) in [4.78, 5) is 7.76. The van der Waals surface area contributed by atoms with Crippen molar-refractivity contribution in [3.8, 4) is 11.3 Å². The Labute approximate surface area is 115 Å². The second-order valence-corrected chi connectivity index (χ2v) is 5.74. The van der Waals surface area contributed by atoms with E-state index in [-0.39, 0.29) is 0 Å². The Morgan fingerprint density at radius 3 is 3.06 bits per heavy atom. The lowest BCUT2D eigenvalue weighted by atomic mass is 10.2. The largest absolute Gasteiger partial charge is 0.341 e. The van der Waals surface area contributed by atoms with Crippen molar-refractivity contribution in [2.45, 2.75) is 19.4 Å². The lowest BCUT2D eigenvalue weighted by Crippen LogP contribution is -2.16. The van der Waals surface area contributed by atoms with Gasteiger partial charge in [0.15, 0.2) is 0 Å². The molecule has 1 aliphatic rings. The van der Waals surface area contributed by atoms with Crippen molar-refractivity contribution in [3.05, 3.63) is 40.8 Å². The fraction of sp³-hybridized carbons (Fsp3) is 0.357. The van der Waals surface area contributed by atoms with Gasteiger partial charge in [-0.15, -0.1) is 0 Å². The number of imidazole rings is 1. The fourth-order valence-corrected chi connectivity index (χ4v) is 2.37. The van der Waals surface area contributed by atoms with E-state index in [4.69, 9.17) is 0 Å². The molecule has 0 aliphatic heterocycles. The van der Waals surface area contributed by atoms with Gasteiger partial charge in [-0.1, -0.05) is 28.1 Å². The average Bonchev–Trinajstić information content (AvgIpc) is 3.06. The molecule has 1 aromatic heterocycles. The molecule has 3 rings (SSSR count). The van der Waals surface area contributed by atoms with E-state index in [2.05, 4.69) is 43.3 Å². The summed E-state index contributed by atoms with van der Waals surface area (Å²) in [5.41, 5.74) is 2.23. The molecule has 0 radical (unpaired) electrons. The first-order valence-corrected chi connectivity index (χ1v) is 7.11. The van der Waals surface area contributed by atoms with Gasteiger partial charge in [0.05, 0.1) is 18.4 Å². The van der Waals surface area contributed by atoms with Crippen LogP contribution in [0.1, 0.15) is 18.7 Å². The number of hydrogen-bond donors (Lipinski definition) is 2. The smallest absolute Gasteiger partial charge is 0.120 e. The molecule has 3 nitrogen and oxygen atoms in total. The standard InChI is InChI=1S/C14H16BrN3/c15-12-3-1-2-11(6-12)13-8-17-14(18-13)9-16-7-10-4-5-10/h1-3,6,8,10,16H,4-5,7,9H2,(H,17,18). The van der Waals surface area contributed by atoms with Crippen LogP contribution in [0.5, 0.6) is 0 Å². The van der Waals surface area contributed by atoms with E-state index in [0.717, 1.165) is 40.6 Å². The van der Waals surface area contributed by atoms with Crippen LogP contribution in [0.2, 0.25) is 0 Å². The zero-order valence-corrected chi connectivity index (χ0v) is 11.7. The minimum Gasteiger partial charge on any atom is -0.341 e. The number of nitrogens with zero attached hydrogens (tertiary/aromatic N) is 1. The molecule has 0 amide bonds. The number of nitrogens with one attached hydrogen (secondary N) is 2. The molecule has 0 spiro atoms. The molecule has 18 heavy (non-hydrogen) atoms. The van der Waals surface area contributed by atoms with E-state index >= 15 is 0 Å². The maximum Gasteiger partial charge on any atom is 0.120 e. The number of aromatic amines is 1. The van der Waals surface area contributed by atoms with Gasteiger partial charge in [-0.25, -0.2) is 4.98 Å². The SMILES string of the molecule is Brc1cccc(-c2cnc(CNCC3CC3)[nH]2)c1. The first-order valence-electron chi connectivity index (χ1n) is 6.32. The van der Waals surface area contributed by atoms with Crippen LogP contribution < -0.4 is 5.32 Å². The third-order valence-corrected chi connectivity index (χ3v) is 3.68. The fourth-order valence-electron chi connectivity index (χ4n) is 1.97. The lowest BCUT2D eigenvalue weighted by Gasteiger charge is -2.00.